The lowest BCUT2D eigenvalue weighted by atomic mass is 10.1. The Hall–Kier alpha value is -1.15. The predicted octanol–water partition coefficient (Wildman–Crippen LogP) is 1.92. The van der Waals surface area contributed by atoms with Gasteiger partial charge in [-0.2, -0.15) is 0 Å². The number of halogens is 1. The molecule has 0 aliphatic heterocycles. The fourth-order valence-electron chi connectivity index (χ4n) is 0.992. The van der Waals surface area contributed by atoms with Crippen molar-refractivity contribution >= 4 is 0 Å². The molecule has 0 saturated heterocycles. The molecule has 1 N–H and O–H groups in total. The molecule has 12 heavy (non-hydrogen) atoms. The standard InChI is InChI=1S/C10H11FO/c1-8(7-12)5-9-3-2-4-10(11)6-9/h2-4,6,12H,1,5,7H2. The van der Waals surface area contributed by atoms with Crippen LogP contribution in [0.1, 0.15) is 5.56 Å². The van der Waals surface area contributed by atoms with Gasteiger partial charge in [0, 0.05) is 0 Å². The summed E-state index contributed by atoms with van der Waals surface area (Å²) in [6, 6.07) is 6.30. The zero-order valence-corrected chi connectivity index (χ0v) is 6.76. The van der Waals surface area contributed by atoms with Crippen molar-refractivity contribution < 1.29 is 9.50 Å². The third-order valence-corrected chi connectivity index (χ3v) is 1.57. The molecule has 0 aromatic heterocycles. The van der Waals surface area contributed by atoms with Crippen LogP contribution in [0.4, 0.5) is 4.39 Å². The highest BCUT2D eigenvalue weighted by molar-refractivity contribution is 5.21. The number of rotatable bonds is 3. The van der Waals surface area contributed by atoms with Gasteiger partial charge >= 0.3 is 0 Å². The lowest BCUT2D eigenvalue weighted by Gasteiger charge is -2.01. The second-order valence-electron chi connectivity index (χ2n) is 2.71. The third kappa shape index (κ3) is 2.47. The van der Waals surface area contributed by atoms with Crippen LogP contribution in [0.5, 0.6) is 0 Å². The number of benzene rings is 1. The minimum absolute atomic E-state index is 0.0451. The number of aliphatic hydroxyl groups is 1. The number of hydrogen-bond acceptors (Lipinski definition) is 1. The molecular formula is C10H11FO. The van der Waals surface area contributed by atoms with Gasteiger partial charge in [0.15, 0.2) is 0 Å². The molecular weight excluding hydrogens is 155 g/mol. The Morgan fingerprint density at radius 3 is 2.83 bits per heavy atom. The van der Waals surface area contributed by atoms with Crippen molar-refractivity contribution in [1.29, 1.82) is 0 Å². The minimum Gasteiger partial charge on any atom is -0.392 e. The van der Waals surface area contributed by atoms with Crippen LogP contribution in [-0.2, 0) is 6.42 Å². The van der Waals surface area contributed by atoms with Crippen molar-refractivity contribution in [1.82, 2.24) is 0 Å². The lowest BCUT2D eigenvalue weighted by molar-refractivity contribution is 0.329. The van der Waals surface area contributed by atoms with Gasteiger partial charge in [0.25, 0.3) is 0 Å². The van der Waals surface area contributed by atoms with E-state index in [1.165, 1.54) is 12.1 Å². The van der Waals surface area contributed by atoms with Gasteiger partial charge in [0.2, 0.25) is 0 Å². The van der Waals surface area contributed by atoms with Crippen LogP contribution in [-0.4, -0.2) is 11.7 Å². The smallest absolute Gasteiger partial charge is 0.123 e. The van der Waals surface area contributed by atoms with Gasteiger partial charge in [0.1, 0.15) is 5.82 Å². The van der Waals surface area contributed by atoms with E-state index >= 15 is 0 Å². The Morgan fingerprint density at radius 2 is 2.25 bits per heavy atom. The van der Waals surface area contributed by atoms with E-state index in [4.69, 9.17) is 5.11 Å². The molecule has 1 rings (SSSR count). The van der Waals surface area contributed by atoms with E-state index in [1.807, 2.05) is 6.07 Å². The average molecular weight is 166 g/mol. The maximum absolute atomic E-state index is 12.6. The Bertz CT molecular complexity index is 281. The summed E-state index contributed by atoms with van der Waals surface area (Å²) in [6.07, 6.45) is 0.536. The average Bonchev–Trinajstić information content (AvgIpc) is 2.04. The van der Waals surface area contributed by atoms with E-state index in [-0.39, 0.29) is 12.4 Å². The molecule has 0 unspecified atom stereocenters. The zero-order chi connectivity index (χ0) is 8.97. The first-order valence-corrected chi connectivity index (χ1v) is 3.74. The van der Waals surface area contributed by atoms with Gasteiger partial charge < -0.3 is 5.11 Å². The van der Waals surface area contributed by atoms with Gasteiger partial charge in [-0.15, -0.1) is 0 Å². The van der Waals surface area contributed by atoms with E-state index in [0.29, 0.717) is 12.0 Å². The van der Waals surface area contributed by atoms with Gasteiger partial charge in [-0.1, -0.05) is 18.7 Å². The molecule has 0 aliphatic rings. The van der Waals surface area contributed by atoms with Crippen LogP contribution in [0, 0.1) is 5.82 Å². The summed E-state index contributed by atoms with van der Waals surface area (Å²) in [5.74, 6) is -0.252. The minimum atomic E-state index is -0.252. The maximum Gasteiger partial charge on any atom is 0.123 e. The largest absolute Gasteiger partial charge is 0.392 e. The molecule has 0 fully saturated rings. The second kappa shape index (κ2) is 4.02. The highest BCUT2D eigenvalue weighted by Gasteiger charge is 1.96. The van der Waals surface area contributed by atoms with Crippen molar-refractivity contribution in [2.24, 2.45) is 0 Å². The Morgan fingerprint density at radius 1 is 1.50 bits per heavy atom. The van der Waals surface area contributed by atoms with Crippen LogP contribution in [0.3, 0.4) is 0 Å². The van der Waals surface area contributed by atoms with E-state index in [9.17, 15) is 4.39 Å². The number of aliphatic hydroxyl groups excluding tert-OH is 1. The third-order valence-electron chi connectivity index (χ3n) is 1.57. The van der Waals surface area contributed by atoms with Crippen LogP contribution in [0.25, 0.3) is 0 Å². The van der Waals surface area contributed by atoms with Crippen LogP contribution < -0.4 is 0 Å². The van der Waals surface area contributed by atoms with Crippen molar-refractivity contribution in [2.75, 3.05) is 6.61 Å². The fourth-order valence-corrected chi connectivity index (χ4v) is 0.992. The molecule has 1 nitrogen and oxygen atoms in total. The van der Waals surface area contributed by atoms with E-state index in [2.05, 4.69) is 6.58 Å². The van der Waals surface area contributed by atoms with Gasteiger partial charge in [-0.3, -0.25) is 0 Å². The van der Waals surface area contributed by atoms with Crippen molar-refractivity contribution in [3.8, 4) is 0 Å². The lowest BCUT2D eigenvalue weighted by Crippen LogP contribution is -1.94. The van der Waals surface area contributed by atoms with Crippen LogP contribution in [0.2, 0.25) is 0 Å². The highest BCUT2D eigenvalue weighted by atomic mass is 19.1. The fraction of sp³-hybridized carbons (Fsp3) is 0.200. The summed E-state index contributed by atoms with van der Waals surface area (Å²) in [7, 11) is 0. The van der Waals surface area contributed by atoms with Gasteiger partial charge in [-0.25, -0.2) is 4.39 Å². The molecule has 0 aliphatic carbocycles. The molecule has 1 aromatic carbocycles. The Labute approximate surface area is 71.2 Å². The van der Waals surface area contributed by atoms with E-state index < -0.39 is 0 Å². The zero-order valence-electron chi connectivity index (χ0n) is 6.76. The summed E-state index contributed by atoms with van der Waals surface area (Å²) in [5, 5.41) is 8.67. The molecule has 0 atom stereocenters. The Kier molecular flexibility index (Phi) is 3.00. The molecule has 64 valence electrons. The highest BCUT2D eigenvalue weighted by Crippen LogP contribution is 2.07. The predicted molar refractivity (Wildman–Crippen MR) is 46.3 cm³/mol. The van der Waals surface area contributed by atoms with Gasteiger partial charge in [0.05, 0.1) is 6.61 Å². The van der Waals surface area contributed by atoms with Crippen LogP contribution in [0.15, 0.2) is 36.4 Å². The van der Waals surface area contributed by atoms with Gasteiger partial charge in [-0.05, 0) is 29.7 Å². The van der Waals surface area contributed by atoms with Crippen molar-refractivity contribution in [3.05, 3.63) is 47.8 Å². The summed E-state index contributed by atoms with van der Waals surface area (Å²) < 4.78 is 12.6. The molecule has 0 amide bonds. The van der Waals surface area contributed by atoms with Crippen molar-refractivity contribution in [2.45, 2.75) is 6.42 Å². The summed E-state index contributed by atoms with van der Waals surface area (Å²) >= 11 is 0. The molecule has 0 heterocycles. The van der Waals surface area contributed by atoms with E-state index in [1.54, 1.807) is 6.07 Å². The topological polar surface area (TPSA) is 20.2 Å². The quantitative estimate of drug-likeness (QED) is 0.680. The second-order valence-corrected chi connectivity index (χ2v) is 2.71. The Balaban J connectivity index is 2.69. The normalized spacial score (nSPS) is 9.83. The SMILES string of the molecule is C=C(CO)Cc1cccc(F)c1. The molecule has 0 saturated carbocycles. The first-order valence-electron chi connectivity index (χ1n) is 3.74. The summed E-state index contributed by atoms with van der Waals surface area (Å²) in [4.78, 5) is 0. The maximum atomic E-state index is 12.6. The molecule has 1 aromatic rings. The van der Waals surface area contributed by atoms with Crippen LogP contribution >= 0.6 is 0 Å². The first kappa shape index (κ1) is 8.94. The monoisotopic (exact) mass is 166 g/mol. The summed E-state index contributed by atoms with van der Waals surface area (Å²) in [5.41, 5.74) is 1.54. The molecule has 0 spiro atoms. The summed E-state index contributed by atoms with van der Waals surface area (Å²) in [6.45, 7) is 3.58. The molecule has 2 heteroatoms. The molecule has 0 radical (unpaired) electrons. The first-order chi connectivity index (χ1) is 5.72. The van der Waals surface area contributed by atoms with E-state index in [0.717, 1.165) is 5.56 Å². The van der Waals surface area contributed by atoms with Crippen molar-refractivity contribution in [3.63, 3.8) is 0 Å². The molecule has 0 bridgehead atoms. The number of hydrogen-bond donors (Lipinski definition) is 1.